The van der Waals surface area contributed by atoms with Crippen molar-refractivity contribution in [2.75, 3.05) is 32.8 Å². The summed E-state index contributed by atoms with van der Waals surface area (Å²) in [7, 11) is 0. The van der Waals surface area contributed by atoms with Gasteiger partial charge in [-0.1, -0.05) is 60.1 Å². The van der Waals surface area contributed by atoms with Crippen LogP contribution in [0.1, 0.15) is 132 Å². The van der Waals surface area contributed by atoms with Crippen LogP contribution in [0.15, 0.2) is 35.5 Å². The number of carboxylic acid groups (broad SMARTS) is 1. The number of rotatable bonds is 15. The minimum atomic E-state index is -1.18. The number of hydrogen-bond donors (Lipinski definition) is 4. The molecule has 0 amide bonds. The van der Waals surface area contributed by atoms with Crippen molar-refractivity contribution in [2.45, 2.75) is 145 Å². The van der Waals surface area contributed by atoms with Gasteiger partial charge in [-0.05, 0) is 123 Å². The molecule has 1 aromatic rings. The van der Waals surface area contributed by atoms with Gasteiger partial charge in [-0.3, -0.25) is 24.3 Å². The third kappa shape index (κ3) is 7.56. The number of allylic oxidation sites excluding steroid dienone is 1. The summed E-state index contributed by atoms with van der Waals surface area (Å²) in [6.45, 7) is 22.6. The van der Waals surface area contributed by atoms with Gasteiger partial charge in [0.2, 0.25) is 0 Å². The van der Waals surface area contributed by atoms with E-state index in [0.717, 1.165) is 62.6 Å². The van der Waals surface area contributed by atoms with E-state index in [4.69, 9.17) is 4.74 Å². The van der Waals surface area contributed by atoms with E-state index in [-0.39, 0.29) is 58.4 Å². The molecule has 0 aliphatic heterocycles. The molecule has 0 unspecified atom stereocenters. The molecule has 10 nitrogen and oxygen atoms in total. The standard InChI is InChI=1S/C47H73N3O7/c1-30(2)39-33(52)26-47(36(53)29-50(24-22-48-23-25-51)28-31-12-10-11-21-49-31)20-19-45(8)32(40(39)47)13-14-35-44(7)17-16-37(57-38(54)27-42(3,4)41(55)56)43(5,6)34(44)15-18-46(35,45)9/h10-12,21,30,32,34-37,48,51,53H,13-20,22-29H2,1-9H3,(H,55,56)/t32-,34+,35-,36+,37+,44+,45-,46-,47+/m1/s1. The van der Waals surface area contributed by atoms with E-state index in [0.29, 0.717) is 51.0 Å². The topological polar surface area (TPSA) is 149 Å². The van der Waals surface area contributed by atoms with Crippen LogP contribution < -0.4 is 5.32 Å². The van der Waals surface area contributed by atoms with Crippen molar-refractivity contribution in [1.29, 1.82) is 0 Å². The molecule has 0 saturated heterocycles. The van der Waals surface area contributed by atoms with E-state index >= 15 is 0 Å². The van der Waals surface area contributed by atoms with Gasteiger partial charge in [0, 0.05) is 56.2 Å². The van der Waals surface area contributed by atoms with E-state index in [9.17, 15) is 29.7 Å². The second-order valence-electron chi connectivity index (χ2n) is 21.1. The van der Waals surface area contributed by atoms with Gasteiger partial charge in [-0.2, -0.15) is 0 Å². The highest BCUT2D eigenvalue weighted by Crippen LogP contribution is 2.77. The minimum absolute atomic E-state index is 0.0213. The molecule has 0 bridgehead atoms. The predicted molar refractivity (Wildman–Crippen MR) is 221 cm³/mol. The fourth-order valence-electron chi connectivity index (χ4n) is 13.7. The Morgan fingerprint density at radius 3 is 2.37 bits per heavy atom. The number of carbonyl (C=O) groups is 3. The molecular formula is C47H73N3O7. The number of esters is 1. The van der Waals surface area contributed by atoms with Crippen LogP contribution in [-0.4, -0.2) is 87.9 Å². The molecule has 4 N–H and O–H groups in total. The molecule has 57 heavy (non-hydrogen) atoms. The SMILES string of the molecule is CC(C)C1=C2[C@H]3CC[C@@H]4[C@@]5(C)CC[C@H](OC(=O)CC(C)(C)C(=O)O)C(C)(C)[C@@H]5CC[C@@]4(C)[C@]3(C)CC[C@@]2([C@@H](O)CN(CCNCCO)Cc2ccccn2)CC1=O. The van der Waals surface area contributed by atoms with Crippen LogP contribution in [-0.2, 0) is 25.7 Å². The molecule has 5 aliphatic rings. The average Bonchev–Trinajstić information content (AvgIpc) is 3.45. The van der Waals surface area contributed by atoms with Crippen molar-refractivity contribution in [3.63, 3.8) is 0 Å². The summed E-state index contributed by atoms with van der Waals surface area (Å²) < 4.78 is 6.19. The summed E-state index contributed by atoms with van der Waals surface area (Å²) in [5.74, 6) is -0.104. The quantitative estimate of drug-likeness (QED) is 0.106. The number of aliphatic hydroxyl groups excluding tert-OH is 2. The van der Waals surface area contributed by atoms with Gasteiger partial charge in [-0.15, -0.1) is 0 Å². The van der Waals surface area contributed by atoms with E-state index in [2.05, 4.69) is 63.7 Å². The number of aliphatic hydroxyl groups is 2. The van der Waals surface area contributed by atoms with Crippen molar-refractivity contribution in [1.82, 2.24) is 15.2 Å². The smallest absolute Gasteiger partial charge is 0.309 e. The fraction of sp³-hybridized carbons (Fsp3) is 0.787. The first-order valence-electron chi connectivity index (χ1n) is 22.0. The second kappa shape index (κ2) is 16.1. The number of carbonyl (C=O) groups excluding carboxylic acids is 2. The van der Waals surface area contributed by atoms with Gasteiger partial charge in [0.25, 0.3) is 0 Å². The third-order valence-electron chi connectivity index (χ3n) is 16.9. The van der Waals surface area contributed by atoms with Crippen molar-refractivity contribution in [3.05, 3.63) is 41.2 Å². The molecular weight excluding hydrogens is 719 g/mol. The Bertz CT molecular complexity index is 1690. The Morgan fingerprint density at radius 2 is 1.72 bits per heavy atom. The Kier molecular flexibility index (Phi) is 12.4. The number of aromatic nitrogens is 1. The number of ketones is 1. The highest BCUT2D eigenvalue weighted by atomic mass is 16.5. The van der Waals surface area contributed by atoms with Gasteiger partial charge >= 0.3 is 11.9 Å². The van der Waals surface area contributed by atoms with Crippen LogP contribution in [0.3, 0.4) is 0 Å². The lowest BCUT2D eigenvalue weighted by molar-refractivity contribution is -0.235. The molecule has 4 saturated carbocycles. The molecule has 318 valence electrons. The van der Waals surface area contributed by atoms with Crippen LogP contribution in [0.2, 0.25) is 0 Å². The van der Waals surface area contributed by atoms with Crippen LogP contribution in [0.5, 0.6) is 0 Å². The first-order chi connectivity index (χ1) is 26.7. The molecule has 9 atom stereocenters. The van der Waals surface area contributed by atoms with Gasteiger partial charge in [0.15, 0.2) is 5.78 Å². The molecule has 0 aromatic carbocycles. The summed E-state index contributed by atoms with van der Waals surface area (Å²) in [6, 6.07) is 5.92. The number of carboxylic acids is 1. The maximum absolute atomic E-state index is 14.3. The highest BCUT2D eigenvalue weighted by molar-refractivity contribution is 6.00. The molecule has 4 fully saturated rings. The summed E-state index contributed by atoms with van der Waals surface area (Å²) in [4.78, 5) is 46.1. The van der Waals surface area contributed by atoms with E-state index in [1.807, 2.05) is 18.2 Å². The monoisotopic (exact) mass is 792 g/mol. The van der Waals surface area contributed by atoms with Crippen LogP contribution >= 0.6 is 0 Å². The number of Topliss-reactive ketones (excluding diaryl/α,β-unsaturated/α-hetero) is 1. The molecule has 1 aromatic heterocycles. The fourth-order valence-corrected chi connectivity index (χ4v) is 13.7. The van der Waals surface area contributed by atoms with Gasteiger partial charge in [-0.25, -0.2) is 0 Å². The predicted octanol–water partition coefficient (Wildman–Crippen LogP) is 7.22. The number of hydrogen-bond acceptors (Lipinski definition) is 9. The summed E-state index contributed by atoms with van der Waals surface area (Å²) in [5.41, 5.74) is 1.16. The minimum Gasteiger partial charge on any atom is -0.481 e. The number of pyridine rings is 1. The molecule has 0 radical (unpaired) electrons. The number of nitrogens with one attached hydrogen (secondary N) is 1. The molecule has 6 rings (SSSR count). The van der Waals surface area contributed by atoms with E-state index < -0.39 is 28.9 Å². The second-order valence-corrected chi connectivity index (χ2v) is 21.1. The lowest BCUT2D eigenvalue weighted by Crippen LogP contribution is -2.66. The van der Waals surface area contributed by atoms with Crippen molar-refractivity contribution in [3.8, 4) is 0 Å². The average molecular weight is 792 g/mol. The number of aliphatic carboxylic acids is 1. The normalized spacial score (nSPS) is 35.4. The van der Waals surface area contributed by atoms with Crippen LogP contribution in [0, 0.1) is 56.2 Å². The van der Waals surface area contributed by atoms with E-state index in [1.54, 1.807) is 20.0 Å². The molecule has 5 aliphatic carbocycles. The Morgan fingerprint density at radius 1 is 0.982 bits per heavy atom. The largest absolute Gasteiger partial charge is 0.481 e. The third-order valence-corrected chi connectivity index (χ3v) is 16.9. The summed E-state index contributed by atoms with van der Waals surface area (Å²) in [6.07, 6.45) is 8.70. The van der Waals surface area contributed by atoms with Gasteiger partial charge < -0.3 is 25.4 Å². The van der Waals surface area contributed by atoms with E-state index in [1.165, 1.54) is 5.57 Å². The van der Waals surface area contributed by atoms with Crippen molar-refractivity contribution >= 4 is 17.7 Å². The Hall–Kier alpha value is -2.66. The molecule has 0 spiro atoms. The first kappa shape index (κ1) is 43.9. The zero-order valence-corrected chi connectivity index (χ0v) is 36.5. The first-order valence-corrected chi connectivity index (χ1v) is 22.0. The maximum atomic E-state index is 14.3. The van der Waals surface area contributed by atoms with Crippen molar-refractivity contribution in [2.24, 2.45) is 56.2 Å². The number of ether oxygens (including phenoxy) is 1. The van der Waals surface area contributed by atoms with Crippen LogP contribution in [0.4, 0.5) is 0 Å². The van der Waals surface area contributed by atoms with Crippen molar-refractivity contribution < 1.29 is 34.4 Å². The Labute approximate surface area is 342 Å². The zero-order valence-electron chi connectivity index (χ0n) is 36.5. The highest BCUT2D eigenvalue weighted by Gasteiger charge is 2.71. The van der Waals surface area contributed by atoms with Gasteiger partial charge in [0.1, 0.15) is 6.10 Å². The molecule has 10 heteroatoms. The lowest BCUT2D eigenvalue weighted by Gasteiger charge is -2.72. The maximum Gasteiger partial charge on any atom is 0.309 e. The Balaban J connectivity index is 1.28. The summed E-state index contributed by atoms with van der Waals surface area (Å²) >= 11 is 0. The van der Waals surface area contributed by atoms with Gasteiger partial charge in [0.05, 0.1) is 30.2 Å². The summed E-state index contributed by atoms with van der Waals surface area (Å²) in [5, 5.41) is 34.9. The lowest BCUT2D eigenvalue weighted by atomic mass is 9.33. The molecule has 1 heterocycles. The zero-order chi connectivity index (χ0) is 41.8. The number of fused-ring (bicyclic) bond motifs is 7. The number of nitrogens with zero attached hydrogens (tertiary/aromatic N) is 2. The van der Waals surface area contributed by atoms with Crippen LogP contribution in [0.25, 0.3) is 0 Å².